The van der Waals surface area contributed by atoms with Gasteiger partial charge in [0, 0.05) is 24.4 Å². The molecule has 0 aromatic rings. The summed E-state index contributed by atoms with van der Waals surface area (Å²) in [6.45, 7) is 13.7. The summed E-state index contributed by atoms with van der Waals surface area (Å²) in [4.78, 5) is 0. The van der Waals surface area contributed by atoms with Crippen molar-refractivity contribution in [2.24, 2.45) is 11.5 Å². The molecule has 0 aromatic heterocycles. The SMILES string of the molecule is CC(N)CC(C)O[Si](OC(C)C)(OC(C)C)C(C)N. The van der Waals surface area contributed by atoms with Crippen molar-refractivity contribution in [2.75, 3.05) is 0 Å². The lowest BCUT2D eigenvalue weighted by atomic mass is 10.2. The molecule has 5 nitrogen and oxygen atoms in total. The monoisotopic (exact) mass is 292 g/mol. The fourth-order valence-electron chi connectivity index (χ4n) is 1.91. The standard InChI is InChI=1S/C13H32N2O3Si/c1-9(2)16-19(13(7)15,17-10(3)4)18-12(6)8-11(5)14/h9-13H,8,14-15H2,1-7H3. The quantitative estimate of drug-likeness (QED) is 0.634. The molecule has 0 radical (unpaired) electrons. The summed E-state index contributed by atoms with van der Waals surface area (Å²) in [5, 5.41) is 0. The van der Waals surface area contributed by atoms with Gasteiger partial charge in [0.2, 0.25) is 0 Å². The Morgan fingerprint density at radius 2 is 1.21 bits per heavy atom. The van der Waals surface area contributed by atoms with Crippen LogP contribution in [0.2, 0.25) is 0 Å². The van der Waals surface area contributed by atoms with E-state index in [1.807, 2.05) is 48.5 Å². The third-order valence-electron chi connectivity index (χ3n) is 2.43. The van der Waals surface area contributed by atoms with Crippen LogP contribution in [0.1, 0.15) is 54.9 Å². The first-order valence-electron chi connectivity index (χ1n) is 7.13. The van der Waals surface area contributed by atoms with Gasteiger partial charge in [-0.25, -0.2) is 0 Å². The second kappa shape index (κ2) is 8.34. The van der Waals surface area contributed by atoms with E-state index in [0.29, 0.717) is 0 Å². The van der Waals surface area contributed by atoms with Gasteiger partial charge >= 0.3 is 8.80 Å². The molecule has 0 bridgehead atoms. The van der Waals surface area contributed by atoms with Gasteiger partial charge in [0.1, 0.15) is 0 Å². The van der Waals surface area contributed by atoms with Crippen LogP contribution in [0.3, 0.4) is 0 Å². The van der Waals surface area contributed by atoms with E-state index in [-0.39, 0.29) is 30.0 Å². The average Bonchev–Trinajstić information content (AvgIpc) is 2.12. The third-order valence-corrected chi connectivity index (χ3v) is 5.87. The minimum atomic E-state index is -2.91. The first-order valence-corrected chi connectivity index (χ1v) is 8.93. The predicted octanol–water partition coefficient (Wildman–Crippen LogP) is 1.80. The molecule has 3 atom stereocenters. The zero-order valence-corrected chi connectivity index (χ0v) is 14.5. The number of nitrogens with two attached hydrogens (primary N) is 2. The summed E-state index contributed by atoms with van der Waals surface area (Å²) in [5.74, 6) is 0. The Morgan fingerprint density at radius 3 is 1.47 bits per heavy atom. The maximum atomic E-state index is 6.12. The van der Waals surface area contributed by atoms with Gasteiger partial charge in [-0.2, -0.15) is 0 Å². The van der Waals surface area contributed by atoms with Gasteiger partial charge in [0.15, 0.2) is 0 Å². The van der Waals surface area contributed by atoms with Crippen molar-refractivity contribution in [2.45, 2.75) is 84.9 Å². The van der Waals surface area contributed by atoms with E-state index in [1.165, 1.54) is 0 Å². The van der Waals surface area contributed by atoms with Crippen molar-refractivity contribution < 1.29 is 13.3 Å². The Hall–Kier alpha value is 0.0169. The molecule has 0 amide bonds. The van der Waals surface area contributed by atoms with Crippen LogP contribution in [0, 0.1) is 0 Å². The maximum absolute atomic E-state index is 6.12. The van der Waals surface area contributed by atoms with Crippen LogP contribution >= 0.6 is 0 Å². The second-order valence-electron chi connectivity index (χ2n) is 5.87. The van der Waals surface area contributed by atoms with Gasteiger partial charge in [-0.05, 0) is 54.9 Å². The minimum Gasteiger partial charge on any atom is -0.370 e. The van der Waals surface area contributed by atoms with Crippen molar-refractivity contribution in [3.05, 3.63) is 0 Å². The van der Waals surface area contributed by atoms with Gasteiger partial charge in [-0.15, -0.1) is 0 Å². The molecule has 0 aliphatic heterocycles. The average molecular weight is 292 g/mol. The van der Waals surface area contributed by atoms with Gasteiger partial charge in [-0.3, -0.25) is 0 Å². The van der Waals surface area contributed by atoms with Crippen molar-refractivity contribution in [3.63, 3.8) is 0 Å². The molecule has 4 N–H and O–H groups in total. The van der Waals surface area contributed by atoms with Crippen molar-refractivity contribution in [3.8, 4) is 0 Å². The van der Waals surface area contributed by atoms with Crippen LogP contribution < -0.4 is 11.5 Å². The highest BCUT2D eigenvalue weighted by Crippen LogP contribution is 2.21. The van der Waals surface area contributed by atoms with E-state index in [4.69, 9.17) is 24.7 Å². The molecule has 0 aliphatic rings. The van der Waals surface area contributed by atoms with E-state index < -0.39 is 8.80 Å². The Labute approximate surface area is 119 Å². The molecular formula is C13H32N2O3Si. The fraction of sp³-hybridized carbons (Fsp3) is 1.00. The van der Waals surface area contributed by atoms with Crippen LogP contribution in [-0.4, -0.2) is 38.8 Å². The number of rotatable bonds is 9. The Bertz CT molecular complexity index is 238. The molecule has 0 aromatic carbocycles. The smallest absolute Gasteiger partial charge is 0.370 e. The Balaban J connectivity index is 4.98. The summed E-state index contributed by atoms with van der Waals surface area (Å²) >= 11 is 0. The molecule has 0 saturated carbocycles. The van der Waals surface area contributed by atoms with Gasteiger partial charge in [0.25, 0.3) is 0 Å². The number of hydrogen-bond acceptors (Lipinski definition) is 5. The number of hydrogen-bond donors (Lipinski definition) is 2. The molecule has 19 heavy (non-hydrogen) atoms. The van der Waals surface area contributed by atoms with Crippen LogP contribution in [0.15, 0.2) is 0 Å². The highest BCUT2D eigenvalue weighted by Gasteiger charge is 2.48. The zero-order chi connectivity index (χ0) is 15.2. The topological polar surface area (TPSA) is 79.7 Å². The summed E-state index contributed by atoms with van der Waals surface area (Å²) < 4.78 is 18.1. The molecule has 0 fully saturated rings. The summed E-state index contributed by atoms with van der Waals surface area (Å²) in [7, 11) is -2.91. The highest BCUT2D eigenvalue weighted by atomic mass is 28.4. The fourth-order valence-corrected chi connectivity index (χ4v) is 4.70. The van der Waals surface area contributed by atoms with E-state index >= 15 is 0 Å². The largest absolute Gasteiger partial charge is 0.518 e. The van der Waals surface area contributed by atoms with E-state index in [9.17, 15) is 0 Å². The van der Waals surface area contributed by atoms with Crippen molar-refractivity contribution in [1.82, 2.24) is 0 Å². The third kappa shape index (κ3) is 7.39. The second-order valence-corrected chi connectivity index (χ2v) is 8.69. The molecule has 116 valence electrons. The van der Waals surface area contributed by atoms with E-state index in [1.54, 1.807) is 0 Å². The molecule has 0 heterocycles. The molecule has 0 spiro atoms. The molecule has 0 saturated heterocycles. The predicted molar refractivity (Wildman–Crippen MR) is 80.7 cm³/mol. The lowest BCUT2D eigenvalue weighted by Crippen LogP contribution is -2.62. The van der Waals surface area contributed by atoms with Crippen molar-refractivity contribution >= 4 is 8.80 Å². The van der Waals surface area contributed by atoms with Crippen LogP contribution in [0.5, 0.6) is 0 Å². The molecule has 6 heteroatoms. The summed E-state index contributed by atoms with van der Waals surface area (Å²) in [5.41, 5.74) is 11.6. The lowest BCUT2D eigenvalue weighted by Gasteiger charge is -2.37. The van der Waals surface area contributed by atoms with Crippen LogP contribution in [0.25, 0.3) is 0 Å². The maximum Gasteiger partial charge on any atom is 0.518 e. The Kier molecular flexibility index (Phi) is 8.34. The zero-order valence-electron chi connectivity index (χ0n) is 13.5. The highest BCUT2D eigenvalue weighted by molar-refractivity contribution is 6.62. The van der Waals surface area contributed by atoms with Gasteiger partial charge in [0.05, 0.1) is 5.67 Å². The Morgan fingerprint density at radius 1 is 0.789 bits per heavy atom. The summed E-state index contributed by atoms with van der Waals surface area (Å²) in [6, 6.07) is 0.0767. The molecule has 3 unspecified atom stereocenters. The van der Waals surface area contributed by atoms with Crippen LogP contribution in [0.4, 0.5) is 0 Å². The van der Waals surface area contributed by atoms with Gasteiger partial charge in [-0.1, -0.05) is 0 Å². The van der Waals surface area contributed by atoms with Crippen molar-refractivity contribution in [1.29, 1.82) is 0 Å². The summed E-state index contributed by atoms with van der Waals surface area (Å²) in [6.07, 6.45) is 0.748. The first-order chi connectivity index (χ1) is 8.59. The van der Waals surface area contributed by atoms with Crippen LogP contribution in [-0.2, 0) is 13.3 Å². The molecular weight excluding hydrogens is 260 g/mol. The van der Waals surface area contributed by atoms with Gasteiger partial charge < -0.3 is 24.7 Å². The van der Waals surface area contributed by atoms with E-state index in [2.05, 4.69) is 0 Å². The molecule has 0 rings (SSSR count). The molecule has 0 aliphatic carbocycles. The van der Waals surface area contributed by atoms with E-state index in [0.717, 1.165) is 6.42 Å². The normalized spacial score (nSPS) is 17.8. The first kappa shape index (κ1) is 19.0. The minimum absolute atomic E-state index is 0.0129. The lowest BCUT2D eigenvalue weighted by molar-refractivity contribution is -0.00935.